The van der Waals surface area contributed by atoms with Crippen LogP contribution in [0, 0.1) is 11.6 Å². The molecule has 0 saturated carbocycles. The molecule has 3 nitrogen and oxygen atoms in total. The first kappa shape index (κ1) is 14.6. The summed E-state index contributed by atoms with van der Waals surface area (Å²) in [4.78, 5) is -0.129. The van der Waals surface area contributed by atoms with Gasteiger partial charge in [0.15, 0.2) is 9.84 Å². The molecule has 6 heteroatoms. The van der Waals surface area contributed by atoms with E-state index in [0.29, 0.717) is 5.56 Å². The lowest BCUT2D eigenvalue weighted by molar-refractivity contribution is 0.589. The summed E-state index contributed by atoms with van der Waals surface area (Å²) in [6.07, 6.45) is 0. The fourth-order valence-corrected chi connectivity index (χ4v) is 3.23. The molecule has 0 aliphatic heterocycles. The Labute approximate surface area is 116 Å². The zero-order chi connectivity index (χ0) is 14.8. The van der Waals surface area contributed by atoms with Gasteiger partial charge in [-0.15, -0.1) is 0 Å². The average Bonchev–Trinajstić information content (AvgIpc) is 2.37. The van der Waals surface area contributed by atoms with Gasteiger partial charge in [0.1, 0.15) is 11.6 Å². The summed E-state index contributed by atoms with van der Waals surface area (Å²) in [5.41, 5.74) is 6.21. The number of sulfone groups is 1. The van der Waals surface area contributed by atoms with E-state index >= 15 is 0 Å². The highest BCUT2D eigenvalue weighted by atomic mass is 32.2. The maximum atomic E-state index is 13.3. The molecule has 0 aliphatic carbocycles. The molecule has 0 heterocycles. The van der Waals surface area contributed by atoms with E-state index in [1.807, 2.05) is 0 Å². The molecule has 2 rings (SSSR count). The van der Waals surface area contributed by atoms with Crippen LogP contribution in [0.4, 0.5) is 8.78 Å². The van der Waals surface area contributed by atoms with Crippen molar-refractivity contribution in [2.75, 3.05) is 0 Å². The third kappa shape index (κ3) is 3.40. The van der Waals surface area contributed by atoms with Crippen molar-refractivity contribution in [1.29, 1.82) is 0 Å². The Morgan fingerprint density at radius 2 is 1.65 bits per heavy atom. The van der Waals surface area contributed by atoms with Crippen LogP contribution in [-0.2, 0) is 22.1 Å². The lowest BCUT2D eigenvalue weighted by Gasteiger charge is -2.07. The molecule has 0 amide bonds. The fraction of sp³-hybridized carbons (Fsp3) is 0.143. The topological polar surface area (TPSA) is 60.2 Å². The molecule has 0 atom stereocenters. The van der Waals surface area contributed by atoms with Crippen molar-refractivity contribution in [3.8, 4) is 0 Å². The number of hydrogen-bond acceptors (Lipinski definition) is 3. The molecule has 0 unspecified atom stereocenters. The van der Waals surface area contributed by atoms with Crippen molar-refractivity contribution >= 4 is 9.84 Å². The number of rotatable bonds is 4. The maximum Gasteiger partial charge on any atom is 0.182 e. The molecule has 2 aromatic rings. The van der Waals surface area contributed by atoms with Crippen molar-refractivity contribution in [3.63, 3.8) is 0 Å². The van der Waals surface area contributed by atoms with Gasteiger partial charge in [-0.1, -0.05) is 12.1 Å². The van der Waals surface area contributed by atoms with Gasteiger partial charge in [-0.25, -0.2) is 17.2 Å². The van der Waals surface area contributed by atoms with Crippen LogP contribution in [0.15, 0.2) is 47.4 Å². The summed E-state index contributed by atoms with van der Waals surface area (Å²) >= 11 is 0. The Morgan fingerprint density at radius 3 is 2.30 bits per heavy atom. The van der Waals surface area contributed by atoms with Crippen molar-refractivity contribution in [2.24, 2.45) is 5.73 Å². The molecule has 0 bridgehead atoms. The van der Waals surface area contributed by atoms with Gasteiger partial charge in [0.05, 0.1) is 10.6 Å². The number of hydrogen-bond donors (Lipinski definition) is 1. The monoisotopic (exact) mass is 297 g/mol. The minimum absolute atomic E-state index is 0.116. The van der Waals surface area contributed by atoms with E-state index < -0.39 is 27.2 Å². The summed E-state index contributed by atoms with van der Waals surface area (Å²) in [5, 5.41) is 0. The van der Waals surface area contributed by atoms with Crippen molar-refractivity contribution in [2.45, 2.75) is 17.2 Å². The third-order valence-electron chi connectivity index (χ3n) is 2.76. The van der Waals surface area contributed by atoms with Crippen LogP contribution in [-0.4, -0.2) is 8.42 Å². The number of nitrogens with two attached hydrogens (primary N) is 1. The predicted molar refractivity (Wildman–Crippen MR) is 71.6 cm³/mol. The summed E-state index contributed by atoms with van der Waals surface area (Å²) in [5.74, 6) is -1.58. The Kier molecular flexibility index (Phi) is 4.15. The van der Waals surface area contributed by atoms with E-state index in [4.69, 9.17) is 5.73 Å². The minimum Gasteiger partial charge on any atom is -0.326 e. The van der Waals surface area contributed by atoms with Gasteiger partial charge in [0.25, 0.3) is 0 Å². The number of benzene rings is 2. The molecular weight excluding hydrogens is 284 g/mol. The molecule has 2 N–H and O–H groups in total. The Balaban J connectivity index is 2.35. The van der Waals surface area contributed by atoms with E-state index in [1.165, 1.54) is 24.3 Å². The van der Waals surface area contributed by atoms with E-state index in [0.717, 1.165) is 18.2 Å². The molecule has 0 aliphatic rings. The third-order valence-corrected chi connectivity index (χ3v) is 4.45. The minimum atomic E-state index is -3.73. The molecular formula is C14H13F2NO2S. The molecule has 0 radical (unpaired) electrons. The second-order valence-electron chi connectivity index (χ2n) is 4.39. The second kappa shape index (κ2) is 5.68. The molecule has 106 valence electrons. The second-order valence-corrected chi connectivity index (χ2v) is 6.38. The highest BCUT2D eigenvalue weighted by Gasteiger charge is 2.16. The standard InChI is InChI=1S/C14H13F2NO2S/c15-12-2-1-3-14(7-12)20(18,19)9-11-4-10(8-17)5-13(16)6-11/h1-7H,8-9,17H2. The van der Waals surface area contributed by atoms with Crippen molar-refractivity contribution in [3.05, 3.63) is 65.2 Å². The first-order valence-corrected chi connectivity index (χ1v) is 7.53. The normalized spacial score (nSPS) is 11.6. The SMILES string of the molecule is NCc1cc(F)cc(CS(=O)(=O)c2cccc(F)c2)c1. The quantitative estimate of drug-likeness (QED) is 0.942. The Morgan fingerprint density at radius 1 is 0.950 bits per heavy atom. The van der Waals surface area contributed by atoms with Gasteiger partial charge in [-0.3, -0.25) is 0 Å². The van der Waals surface area contributed by atoms with Gasteiger partial charge >= 0.3 is 0 Å². The van der Waals surface area contributed by atoms with Gasteiger partial charge in [-0.2, -0.15) is 0 Å². The maximum absolute atomic E-state index is 13.3. The van der Waals surface area contributed by atoms with Gasteiger partial charge < -0.3 is 5.73 Å². The van der Waals surface area contributed by atoms with Gasteiger partial charge in [0.2, 0.25) is 0 Å². The largest absolute Gasteiger partial charge is 0.326 e. The lowest BCUT2D eigenvalue weighted by Crippen LogP contribution is -2.07. The fourth-order valence-electron chi connectivity index (χ4n) is 1.88. The van der Waals surface area contributed by atoms with Gasteiger partial charge in [0, 0.05) is 6.54 Å². The summed E-state index contributed by atoms with van der Waals surface area (Å²) in [7, 11) is -3.73. The molecule has 0 spiro atoms. The van der Waals surface area contributed by atoms with E-state index in [1.54, 1.807) is 0 Å². The van der Waals surface area contributed by atoms with Crippen LogP contribution in [0.25, 0.3) is 0 Å². The lowest BCUT2D eigenvalue weighted by atomic mass is 10.1. The average molecular weight is 297 g/mol. The molecule has 0 aromatic heterocycles. The van der Waals surface area contributed by atoms with E-state index in [2.05, 4.69) is 0 Å². The summed E-state index contributed by atoms with van der Waals surface area (Å²) < 4.78 is 50.7. The van der Waals surface area contributed by atoms with Crippen LogP contribution < -0.4 is 5.73 Å². The Bertz CT molecular complexity index is 730. The molecule has 2 aromatic carbocycles. The molecule has 0 fully saturated rings. The van der Waals surface area contributed by atoms with Crippen LogP contribution in [0.5, 0.6) is 0 Å². The van der Waals surface area contributed by atoms with Crippen molar-refractivity contribution < 1.29 is 17.2 Å². The first-order chi connectivity index (χ1) is 9.40. The van der Waals surface area contributed by atoms with Crippen LogP contribution in [0.3, 0.4) is 0 Å². The Hall–Kier alpha value is -1.79. The van der Waals surface area contributed by atoms with E-state index in [-0.39, 0.29) is 17.0 Å². The first-order valence-electron chi connectivity index (χ1n) is 5.87. The predicted octanol–water partition coefficient (Wildman–Crippen LogP) is 2.40. The molecule has 0 saturated heterocycles. The highest BCUT2D eigenvalue weighted by Crippen LogP contribution is 2.19. The summed E-state index contributed by atoms with van der Waals surface area (Å²) in [6, 6.07) is 8.64. The zero-order valence-corrected chi connectivity index (χ0v) is 11.3. The van der Waals surface area contributed by atoms with Crippen molar-refractivity contribution in [1.82, 2.24) is 0 Å². The zero-order valence-electron chi connectivity index (χ0n) is 10.5. The summed E-state index contributed by atoms with van der Waals surface area (Å²) in [6.45, 7) is 0.116. The van der Waals surface area contributed by atoms with Crippen LogP contribution >= 0.6 is 0 Å². The number of halogens is 2. The van der Waals surface area contributed by atoms with Crippen LogP contribution in [0.2, 0.25) is 0 Å². The molecule has 20 heavy (non-hydrogen) atoms. The smallest absolute Gasteiger partial charge is 0.182 e. The highest BCUT2D eigenvalue weighted by molar-refractivity contribution is 7.90. The van der Waals surface area contributed by atoms with Crippen LogP contribution in [0.1, 0.15) is 11.1 Å². The van der Waals surface area contributed by atoms with Gasteiger partial charge in [-0.05, 0) is 41.5 Å². The van der Waals surface area contributed by atoms with E-state index in [9.17, 15) is 17.2 Å².